The standard InChI is InChI=1S/C27H20O6S3/c28-18-6-2-16(3-7-18)21-14-33-24-13-20(12-23(29)25(24)26(21)30)32-11-1-10-31-19-8-4-17(5-9-19)22-15-35-36-27(22)34/h2-9,12-15,28-29H,1,10-11H2. The third-order valence-corrected chi connectivity index (χ3v) is 8.17. The zero-order chi connectivity index (χ0) is 25.1. The Bertz CT molecular complexity index is 1620. The predicted molar refractivity (Wildman–Crippen MR) is 145 cm³/mol. The number of hydrogen-bond donors (Lipinski definition) is 2. The molecule has 0 aliphatic heterocycles. The van der Waals surface area contributed by atoms with E-state index in [0.717, 1.165) is 20.7 Å². The Morgan fingerprint density at radius 1 is 0.861 bits per heavy atom. The molecule has 9 heteroatoms. The Kier molecular flexibility index (Phi) is 7.04. The molecular weight excluding hydrogens is 516 g/mol. The summed E-state index contributed by atoms with van der Waals surface area (Å²) in [5.74, 6) is 1.03. The van der Waals surface area contributed by atoms with Crippen molar-refractivity contribution in [1.82, 2.24) is 0 Å². The number of benzene rings is 3. The van der Waals surface area contributed by atoms with Crippen molar-refractivity contribution in [3.8, 4) is 45.3 Å². The van der Waals surface area contributed by atoms with Crippen molar-refractivity contribution < 1.29 is 24.1 Å². The Morgan fingerprint density at radius 2 is 1.53 bits per heavy atom. The Morgan fingerprint density at radius 3 is 2.22 bits per heavy atom. The molecule has 5 rings (SSSR count). The Hall–Kier alpha value is -3.66. The minimum Gasteiger partial charge on any atom is -0.508 e. The summed E-state index contributed by atoms with van der Waals surface area (Å²) in [6.45, 7) is 0.811. The first-order chi connectivity index (χ1) is 17.5. The Labute approximate surface area is 218 Å². The van der Waals surface area contributed by atoms with E-state index in [0.29, 0.717) is 30.9 Å². The minimum absolute atomic E-state index is 0.0750. The van der Waals surface area contributed by atoms with E-state index in [1.54, 1.807) is 38.9 Å². The molecule has 3 aromatic carbocycles. The zero-order valence-electron chi connectivity index (χ0n) is 18.8. The monoisotopic (exact) mass is 536 g/mol. The van der Waals surface area contributed by atoms with Gasteiger partial charge < -0.3 is 24.1 Å². The Balaban J connectivity index is 1.19. The van der Waals surface area contributed by atoms with Crippen molar-refractivity contribution in [1.29, 1.82) is 0 Å². The van der Waals surface area contributed by atoms with Crippen molar-refractivity contribution in [2.75, 3.05) is 13.2 Å². The molecule has 2 N–H and O–H groups in total. The van der Waals surface area contributed by atoms with Crippen LogP contribution in [0.15, 0.2) is 81.5 Å². The average Bonchev–Trinajstić information content (AvgIpc) is 3.31. The van der Waals surface area contributed by atoms with E-state index in [4.69, 9.17) is 26.1 Å². The summed E-state index contributed by atoms with van der Waals surface area (Å²) in [5, 5.41) is 22.1. The van der Waals surface area contributed by atoms with Crippen LogP contribution in [0.4, 0.5) is 0 Å². The van der Waals surface area contributed by atoms with Crippen LogP contribution in [-0.2, 0) is 0 Å². The van der Waals surface area contributed by atoms with E-state index in [9.17, 15) is 15.0 Å². The minimum atomic E-state index is -0.367. The molecule has 2 heterocycles. The van der Waals surface area contributed by atoms with Gasteiger partial charge in [0.05, 0.1) is 18.8 Å². The van der Waals surface area contributed by atoms with E-state index in [2.05, 4.69) is 5.38 Å². The van der Waals surface area contributed by atoms with Gasteiger partial charge in [0.25, 0.3) is 0 Å². The number of fused-ring (bicyclic) bond motifs is 1. The largest absolute Gasteiger partial charge is 0.508 e. The summed E-state index contributed by atoms with van der Waals surface area (Å²) in [5.41, 5.74) is 2.88. The fourth-order valence-electron chi connectivity index (χ4n) is 3.70. The molecule has 0 spiro atoms. The quantitative estimate of drug-likeness (QED) is 0.123. The second kappa shape index (κ2) is 10.5. The van der Waals surface area contributed by atoms with Crippen LogP contribution in [0.5, 0.6) is 23.0 Å². The molecule has 5 aromatic rings. The molecule has 0 fully saturated rings. The van der Waals surface area contributed by atoms with Crippen molar-refractivity contribution in [3.05, 3.63) is 86.4 Å². The van der Waals surface area contributed by atoms with Gasteiger partial charge >= 0.3 is 0 Å². The van der Waals surface area contributed by atoms with Crippen LogP contribution < -0.4 is 14.9 Å². The average molecular weight is 537 g/mol. The molecule has 182 valence electrons. The normalized spacial score (nSPS) is 11.0. The van der Waals surface area contributed by atoms with Crippen LogP contribution in [0.2, 0.25) is 0 Å². The number of rotatable bonds is 8. The lowest BCUT2D eigenvalue weighted by atomic mass is 10.0. The first-order valence-electron chi connectivity index (χ1n) is 11.0. The van der Waals surface area contributed by atoms with Crippen LogP contribution in [-0.4, -0.2) is 23.4 Å². The van der Waals surface area contributed by atoms with Crippen LogP contribution >= 0.6 is 32.9 Å². The van der Waals surface area contributed by atoms with Gasteiger partial charge in [-0.25, -0.2) is 0 Å². The van der Waals surface area contributed by atoms with Crippen LogP contribution in [0.1, 0.15) is 6.42 Å². The highest BCUT2D eigenvalue weighted by atomic mass is 32.9. The molecule has 0 amide bonds. The third kappa shape index (κ3) is 5.13. The highest BCUT2D eigenvalue weighted by molar-refractivity contribution is 7.79. The van der Waals surface area contributed by atoms with Gasteiger partial charge in [-0.3, -0.25) is 4.79 Å². The zero-order valence-corrected chi connectivity index (χ0v) is 21.3. The lowest BCUT2D eigenvalue weighted by molar-refractivity contribution is 0.247. The fraction of sp³-hybridized carbons (Fsp3) is 0.111. The maximum atomic E-state index is 12.9. The highest BCUT2D eigenvalue weighted by Crippen LogP contribution is 2.31. The highest BCUT2D eigenvalue weighted by Gasteiger charge is 2.14. The summed E-state index contributed by atoms with van der Waals surface area (Å²) in [7, 11) is 3.22. The van der Waals surface area contributed by atoms with Gasteiger partial charge in [0, 0.05) is 29.5 Å². The summed E-state index contributed by atoms with van der Waals surface area (Å²) in [4.78, 5) is 12.9. The van der Waals surface area contributed by atoms with Crippen LogP contribution in [0.3, 0.4) is 0 Å². The maximum Gasteiger partial charge on any atom is 0.204 e. The molecular formula is C27H20O6S3. The predicted octanol–water partition coefficient (Wildman–Crippen LogP) is 7.24. The maximum absolute atomic E-state index is 12.9. The lowest BCUT2D eigenvalue weighted by Gasteiger charge is -2.10. The van der Waals surface area contributed by atoms with Crippen molar-refractivity contribution in [2.24, 2.45) is 0 Å². The van der Waals surface area contributed by atoms with Gasteiger partial charge in [0.15, 0.2) is 0 Å². The van der Waals surface area contributed by atoms with Crippen molar-refractivity contribution in [2.45, 2.75) is 6.42 Å². The van der Waals surface area contributed by atoms with E-state index in [1.165, 1.54) is 24.5 Å². The number of phenols is 2. The van der Waals surface area contributed by atoms with Crippen LogP contribution in [0.25, 0.3) is 33.2 Å². The molecule has 2 aromatic heterocycles. The summed E-state index contributed by atoms with van der Waals surface area (Å²) >= 11 is 5.35. The third-order valence-electron chi connectivity index (χ3n) is 5.51. The van der Waals surface area contributed by atoms with Gasteiger partial charge in [0.1, 0.15) is 44.1 Å². The van der Waals surface area contributed by atoms with E-state index < -0.39 is 0 Å². The fourth-order valence-corrected chi connectivity index (χ4v) is 6.09. The molecule has 0 bridgehead atoms. The molecule has 0 saturated heterocycles. The van der Waals surface area contributed by atoms with E-state index >= 15 is 0 Å². The summed E-state index contributed by atoms with van der Waals surface area (Å²) < 4.78 is 18.1. The second-order valence-electron chi connectivity index (χ2n) is 7.91. The van der Waals surface area contributed by atoms with E-state index in [1.807, 2.05) is 24.3 Å². The first kappa shape index (κ1) is 24.1. The molecule has 6 nitrogen and oxygen atoms in total. The lowest BCUT2D eigenvalue weighted by Crippen LogP contribution is -2.07. The smallest absolute Gasteiger partial charge is 0.204 e. The molecule has 0 radical (unpaired) electrons. The van der Waals surface area contributed by atoms with Gasteiger partial charge in [-0.1, -0.05) is 57.2 Å². The van der Waals surface area contributed by atoms with E-state index in [-0.39, 0.29) is 33.5 Å². The molecule has 0 unspecified atom stereocenters. The number of aromatic hydroxyl groups is 2. The first-order valence-corrected chi connectivity index (χ1v) is 13.6. The summed E-state index contributed by atoms with van der Waals surface area (Å²) in [6, 6.07) is 17.0. The van der Waals surface area contributed by atoms with Crippen molar-refractivity contribution in [3.63, 3.8) is 0 Å². The number of hydrogen-bond acceptors (Lipinski definition) is 9. The molecule has 0 saturated carbocycles. The van der Waals surface area contributed by atoms with Gasteiger partial charge in [-0.15, -0.1) is 0 Å². The number of ether oxygens (including phenoxy) is 2. The van der Waals surface area contributed by atoms with Crippen LogP contribution in [0, 0.1) is 3.82 Å². The summed E-state index contributed by atoms with van der Waals surface area (Å²) in [6.07, 6.45) is 1.96. The topological polar surface area (TPSA) is 89.1 Å². The second-order valence-corrected chi connectivity index (χ2v) is 10.7. The number of phenolic OH excluding ortho intramolecular Hbond substituents is 2. The molecule has 0 aliphatic rings. The SMILES string of the molecule is O=c1c(-c2ccc(O)cc2)coc2cc(OCCCOc3ccc(-c4cssc4=S)cc3)cc(O)c12. The molecule has 0 aliphatic carbocycles. The molecule has 0 atom stereocenters. The van der Waals surface area contributed by atoms with Gasteiger partial charge in [-0.2, -0.15) is 0 Å². The van der Waals surface area contributed by atoms with Crippen molar-refractivity contribution >= 4 is 43.9 Å². The van der Waals surface area contributed by atoms with Gasteiger partial charge in [0.2, 0.25) is 5.43 Å². The van der Waals surface area contributed by atoms with Gasteiger partial charge in [-0.05, 0) is 35.4 Å². The molecule has 36 heavy (non-hydrogen) atoms.